The Kier molecular flexibility index (Phi) is 6.21. The van der Waals surface area contributed by atoms with Crippen LogP contribution in [0.1, 0.15) is 11.5 Å². The first-order valence-corrected chi connectivity index (χ1v) is 8.01. The van der Waals surface area contributed by atoms with Gasteiger partial charge in [0, 0.05) is 12.1 Å². The molecule has 2 rings (SSSR count). The van der Waals surface area contributed by atoms with E-state index in [1.807, 2.05) is 0 Å². The molecule has 0 saturated heterocycles. The second-order valence-corrected chi connectivity index (χ2v) is 5.64. The molecular formula is C14H14F3N3O3S. The number of nitrogens with one attached hydrogen (secondary N) is 1. The van der Waals surface area contributed by atoms with E-state index < -0.39 is 11.7 Å². The van der Waals surface area contributed by atoms with Crippen LogP contribution in [0.15, 0.2) is 28.8 Å². The topological polar surface area (TPSA) is 88.2 Å². The van der Waals surface area contributed by atoms with Gasteiger partial charge in [-0.25, -0.2) is 0 Å². The van der Waals surface area contributed by atoms with Crippen molar-refractivity contribution in [1.29, 1.82) is 0 Å². The first-order valence-electron chi connectivity index (χ1n) is 6.85. The molecule has 6 nitrogen and oxygen atoms in total. The Morgan fingerprint density at radius 3 is 2.62 bits per heavy atom. The Morgan fingerprint density at radius 1 is 1.29 bits per heavy atom. The molecule has 2 aromatic rings. The Labute approximate surface area is 139 Å². The van der Waals surface area contributed by atoms with Crippen LogP contribution in [0, 0.1) is 0 Å². The largest absolute Gasteiger partial charge is 0.416 e. The molecule has 0 radical (unpaired) electrons. The van der Waals surface area contributed by atoms with Crippen molar-refractivity contribution < 1.29 is 27.6 Å². The van der Waals surface area contributed by atoms with Crippen LogP contribution in [0.4, 0.5) is 13.2 Å². The summed E-state index contributed by atoms with van der Waals surface area (Å²) in [6, 6.07) is 4.44. The van der Waals surface area contributed by atoms with Gasteiger partial charge in [-0.15, -0.1) is 11.8 Å². The number of thioether (sulfide) groups is 1. The highest BCUT2D eigenvalue weighted by atomic mass is 32.2. The molecule has 1 heterocycles. The Morgan fingerprint density at radius 2 is 2.00 bits per heavy atom. The van der Waals surface area contributed by atoms with Crippen molar-refractivity contribution in [3.8, 4) is 11.4 Å². The van der Waals surface area contributed by atoms with Crippen LogP contribution < -0.4 is 5.32 Å². The number of hydrogen-bond donors (Lipinski definition) is 2. The molecule has 0 aliphatic rings. The van der Waals surface area contributed by atoms with E-state index in [0.29, 0.717) is 11.3 Å². The SMILES string of the molecule is O=C(CSCc1nc(-c2ccc(C(F)(F)F)cc2)no1)NCCO. The number of amides is 1. The highest BCUT2D eigenvalue weighted by Gasteiger charge is 2.30. The third-order valence-electron chi connectivity index (χ3n) is 2.83. The average Bonchev–Trinajstić information content (AvgIpc) is 3.01. The van der Waals surface area contributed by atoms with Gasteiger partial charge >= 0.3 is 6.18 Å². The monoisotopic (exact) mass is 361 g/mol. The predicted octanol–water partition coefficient (Wildman–Crippen LogP) is 2.10. The van der Waals surface area contributed by atoms with Crippen LogP contribution >= 0.6 is 11.8 Å². The van der Waals surface area contributed by atoms with Crippen LogP contribution in [0.3, 0.4) is 0 Å². The van der Waals surface area contributed by atoms with Crippen molar-refractivity contribution in [2.24, 2.45) is 0 Å². The zero-order valence-corrected chi connectivity index (χ0v) is 13.2. The molecule has 10 heteroatoms. The molecule has 1 aromatic heterocycles. The molecule has 1 amide bonds. The van der Waals surface area contributed by atoms with E-state index >= 15 is 0 Å². The van der Waals surface area contributed by atoms with Gasteiger partial charge in [-0.2, -0.15) is 18.2 Å². The van der Waals surface area contributed by atoms with Crippen molar-refractivity contribution in [1.82, 2.24) is 15.5 Å². The number of alkyl halides is 3. The van der Waals surface area contributed by atoms with E-state index in [0.717, 1.165) is 12.1 Å². The van der Waals surface area contributed by atoms with Gasteiger partial charge in [0.25, 0.3) is 0 Å². The summed E-state index contributed by atoms with van der Waals surface area (Å²) >= 11 is 1.24. The van der Waals surface area contributed by atoms with Crippen molar-refractivity contribution in [2.75, 3.05) is 18.9 Å². The Balaban J connectivity index is 1.90. The minimum absolute atomic E-state index is 0.128. The number of carbonyl (C=O) groups excluding carboxylic acids is 1. The van der Waals surface area contributed by atoms with Crippen molar-refractivity contribution >= 4 is 17.7 Å². The van der Waals surface area contributed by atoms with Crippen molar-refractivity contribution in [3.05, 3.63) is 35.7 Å². The number of aromatic nitrogens is 2. The molecule has 0 bridgehead atoms. The lowest BCUT2D eigenvalue weighted by Crippen LogP contribution is -2.27. The molecule has 130 valence electrons. The summed E-state index contributed by atoms with van der Waals surface area (Å²) in [6.45, 7) is 0.0641. The molecule has 0 spiro atoms. The minimum Gasteiger partial charge on any atom is -0.395 e. The third kappa shape index (κ3) is 5.24. The first kappa shape index (κ1) is 18.3. The molecular weight excluding hydrogens is 347 g/mol. The lowest BCUT2D eigenvalue weighted by Gasteiger charge is -2.05. The minimum atomic E-state index is -4.39. The zero-order valence-electron chi connectivity index (χ0n) is 12.3. The van der Waals surface area contributed by atoms with Gasteiger partial charge in [-0.05, 0) is 12.1 Å². The standard InChI is InChI=1S/C14H14F3N3O3S/c15-14(16,17)10-3-1-9(2-4-10)13-19-12(23-20-13)8-24-7-11(22)18-5-6-21/h1-4,21H,5-8H2,(H,18,22). The number of rotatable bonds is 7. The van der Waals surface area contributed by atoms with Crippen molar-refractivity contribution in [2.45, 2.75) is 11.9 Å². The number of hydrogen-bond acceptors (Lipinski definition) is 6. The van der Waals surface area contributed by atoms with E-state index in [1.54, 1.807) is 0 Å². The smallest absolute Gasteiger partial charge is 0.395 e. The van der Waals surface area contributed by atoms with E-state index in [9.17, 15) is 18.0 Å². The normalized spacial score (nSPS) is 11.5. The fourth-order valence-electron chi connectivity index (χ4n) is 1.72. The third-order valence-corrected chi connectivity index (χ3v) is 3.75. The van der Waals surface area contributed by atoms with E-state index in [-0.39, 0.29) is 36.5 Å². The molecule has 0 atom stereocenters. The quantitative estimate of drug-likeness (QED) is 0.785. The van der Waals surface area contributed by atoms with Crippen LogP contribution in [0.2, 0.25) is 0 Å². The second-order valence-electron chi connectivity index (χ2n) is 4.65. The first-order chi connectivity index (χ1) is 11.4. The lowest BCUT2D eigenvalue weighted by molar-refractivity contribution is -0.137. The molecule has 0 unspecified atom stereocenters. The maximum absolute atomic E-state index is 12.5. The van der Waals surface area contributed by atoms with Crippen LogP contribution in [-0.4, -0.2) is 40.1 Å². The van der Waals surface area contributed by atoms with E-state index in [4.69, 9.17) is 9.63 Å². The molecule has 0 aliphatic heterocycles. The van der Waals surface area contributed by atoms with Gasteiger partial charge in [0.15, 0.2) is 0 Å². The highest BCUT2D eigenvalue weighted by molar-refractivity contribution is 7.99. The van der Waals surface area contributed by atoms with Crippen LogP contribution in [0.5, 0.6) is 0 Å². The summed E-state index contributed by atoms with van der Waals surface area (Å²) in [5.41, 5.74) is -0.344. The number of aliphatic hydroxyl groups is 1. The second kappa shape index (κ2) is 8.15. The number of carbonyl (C=O) groups is 1. The molecule has 0 fully saturated rings. The van der Waals surface area contributed by atoms with Crippen LogP contribution in [0.25, 0.3) is 11.4 Å². The van der Waals surface area contributed by atoms with Gasteiger partial charge in [-0.3, -0.25) is 4.79 Å². The number of halogens is 3. The molecule has 1 aromatic carbocycles. The Bertz CT molecular complexity index is 674. The molecule has 0 aliphatic carbocycles. The summed E-state index contributed by atoms with van der Waals surface area (Å²) in [6.07, 6.45) is -4.39. The van der Waals surface area contributed by atoms with Crippen molar-refractivity contribution in [3.63, 3.8) is 0 Å². The number of nitrogens with zero attached hydrogens (tertiary/aromatic N) is 2. The van der Waals surface area contributed by atoms with E-state index in [1.165, 1.54) is 23.9 Å². The van der Waals surface area contributed by atoms with Crippen LogP contribution in [-0.2, 0) is 16.7 Å². The van der Waals surface area contributed by atoms with Gasteiger partial charge < -0.3 is 14.9 Å². The fraction of sp³-hybridized carbons (Fsp3) is 0.357. The lowest BCUT2D eigenvalue weighted by atomic mass is 10.1. The molecule has 2 N–H and O–H groups in total. The molecule has 24 heavy (non-hydrogen) atoms. The maximum atomic E-state index is 12.5. The summed E-state index contributed by atoms with van der Waals surface area (Å²) in [5, 5.41) is 14.8. The van der Waals surface area contributed by atoms with Gasteiger partial charge in [-0.1, -0.05) is 17.3 Å². The summed E-state index contributed by atoms with van der Waals surface area (Å²) < 4.78 is 42.5. The molecule has 0 saturated carbocycles. The van der Waals surface area contributed by atoms with Gasteiger partial charge in [0.2, 0.25) is 17.6 Å². The highest BCUT2D eigenvalue weighted by Crippen LogP contribution is 2.30. The maximum Gasteiger partial charge on any atom is 0.416 e. The number of benzene rings is 1. The zero-order chi connectivity index (χ0) is 17.6. The summed E-state index contributed by atoms with van der Waals surface area (Å²) in [5.74, 6) is 0.684. The Hall–Kier alpha value is -2.07. The summed E-state index contributed by atoms with van der Waals surface area (Å²) in [4.78, 5) is 15.4. The van der Waals surface area contributed by atoms with Gasteiger partial charge in [0.1, 0.15) is 0 Å². The fourth-order valence-corrected chi connectivity index (χ4v) is 2.40. The van der Waals surface area contributed by atoms with Gasteiger partial charge in [0.05, 0.1) is 23.7 Å². The average molecular weight is 361 g/mol. The predicted molar refractivity (Wildman–Crippen MR) is 81.0 cm³/mol. The summed E-state index contributed by atoms with van der Waals surface area (Å²) in [7, 11) is 0. The van der Waals surface area contributed by atoms with E-state index in [2.05, 4.69) is 15.5 Å². The number of aliphatic hydroxyl groups excluding tert-OH is 1.